The average Bonchev–Trinajstić information content (AvgIpc) is 3.07. The number of hydrogen-bond acceptors (Lipinski definition) is 7. The third kappa shape index (κ3) is 5.26. The SMILES string of the molecule is Cc1ncsc1CCOCC(O)CNCc1cncs1. The summed E-state index contributed by atoms with van der Waals surface area (Å²) in [5, 5.41) is 13.0. The van der Waals surface area contributed by atoms with Crippen molar-refractivity contribution < 1.29 is 9.84 Å². The maximum Gasteiger partial charge on any atom is 0.0897 e. The Kier molecular flexibility index (Phi) is 6.55. The van der Waals surface area contributed by atoms with Crippen LogP contribution in [0.4, 0.5) is 0 Å². The van der Waals surface area contributed by atoms with Crippen molar-refractivity contribution in [1.29, 1.82) is 0 Å². The van der Waals surface area contributed by atoms with E-state index in [4.69, 9.17) is 4.74 Å². The second-order valence-corrected chi connectivity index (χ2v) is 6.35. The van der Waals surface area contributed by atoms with Crippen LogP contribution in [0.3, 0.4) is 0 Å². The molecule has 2 rings (SSSR count). The number of thiazole rings is 2. The highest BCUT2D eigenvalue weighted by atomic mass is 32.1. The van der Waals surface area contributed by atoms with Gasteiger partial charge in [0.25, 0.3) is 0 Å². The molecule has 0 radical (unpaired) electrons. The highest BCUT2D eigenvalue weighted by Crippen LogP contribution is 2.12. The second kappa shape index (κ2) is 8.43. The van der Waals surface area contributed by atoms with Crippen molar-refractivity contribution in [1.82, 2.24) is 15.3 Å². The highest BCUT2D eigenvalue weighted by Gasteiger charge is 2.05. The van der Waals surface area contributed by atoms with E-state index in [0.717, 1.165) is 18.7 Å². The summed E-state index contributed by atoms with van der Waals surface area (Å²) in [5.41, 5.74) is 4.73. The van der Waals surface area contributed by atoms with Gasteiger partial charge in [-0.15, -0.1) is 22.7 Å². The summed E-state index contributed by atoms with van der Waals surface area (Å²) < 4.78 is 5.49. The van der Waals surface area contributed by atoms with Crippen molar-refractivity contribution in [3.05, 3.63) is 32.7 Å². The van der Waals surface area contributed by atoms with Crippen LogP contribution < -0.4 is 5.32 Å². The van der Waals surface area contributed by atoms with Crippen LogP contribution in [0.15, 0.2) is 17.2 Å². The quantitative estimate of drug-likeness (QED) is 0.689. The molecule has 1 atom stereocenters. The molecular formula is C13H19N3O2S2. The van der Waals surface area contributed by atoms with Gasteiger partial charge in [-0.2, -0.15) is 0 Å². The summed E-state index contributed by atoms with van der Waals surface area (Å²) >= 11 is 3.25. The Hall–Kier alpha value is -0.860. The number of ether oxygens (including phenoxy) is 1. The molecule has 0 aliphatic heterocycles. The zero-order chi connectivity index (χ0) is 14.2. The van der Waals surface area contributed by atoms with Crippen molar-refractivity contribution in [2.45, 2.75) is 26.0 Å². The number of aromatic nitrogens is 2. The Morgan fingerprint density at radius 3 is 3.00 bits per heavy atom. The molecule has 0 saturated carbocycles. The fourth-order valence-corrected chi connectivity index (χ4v) is 3.03. The first-order valence-corrected chi connectivity index (χ1v) is 8.24. The lowest BCUT2D eigenvalue weighted by atomic mass is 10.3. The number of nitrogens with one attached hydrogen (secondary N) is 1. The molecule has 5 nitrogen and oxygen atoms in total. The van der Waals surface area contributed by atoms with E-state index in [1.165, 1.54) is 9.75 Å². The summed E-state index contributed by atoms with van der Waals surface area (Å²) in [4.78, 5) is 10.6. The molecule has 0 spiro atoms. The number of rotatable bonds is 9. The summed E-state index contributed by atoms with van der Waals surface area (Å²) in [5.74, 6) is 0. The molecule has 1 unspecified atom stereocenters. The van der Waals surface area contributed by atoms with Crippen molar-refractivity contribution in [2.75, 3.05) is 19.8 Å². The van der Waals surface area contributed by atoms with Gasteiger partial charge in [0.2, 0.25) is 0 Å². The number of nitrogens with zero attached hydrogens (tertiary/aromatic N) is 2. The summed E-state index contributed by atoms with van der Waals surface area (Å²) in [6.07, 6.45) is 2.21. The topological polar surface area (TPSA) is 67.3 Å². The molecule has 2 aromatic heterocycles. The zero-order valence-electron chi connectivity index (χ0n) is 11.4. The van der Waals surface area contributed by atoms with E-state index in [-0.39, 0.29) is 0 Å². The first-order chi connectivity index (χ1) is 9.75. The lowest BCUT2D eigenvalue weighted by Crippen LogP contribution is -2.30. The second-order valence-electron chi connectivity index (χ2n) is 4.44. The Morgan fingerprint density at radius 2 is 2.30 bits per heavy atom. The van der Waals surface area contributed by atoms with Gasteiger partial charge in [0, 0.05) is 35.5 Å². The van der Waals surface area contributed by atoms with Crippen LogP contribution in [0.1, 0.15) is 15.4 Å². The van der Waals surface area contributed by atoms with Crippen LogP contribution in [-0.4, -0.2) is 40.9 Å². The molecule has 0 saturated heterocycles. The van der Waals surface area contributed by atoms with Crippen LogP contribution in [0.5, 0.6) is 0 Å². The van der Waals surface area contributed by atoms with E-state index < -0.39 is 6.10 Å². The number of aliphatic hydroxyl groups excluding tert-OH is 1. The maximum atomic E-state index is 9.78. The normalized spacial score (nSPS) is 12.7. The standard InChI is InChI=1S/C13H19N3O2S2/c1-10-13(20-9-16-10)2-3-18-7-11(17)4-14-5-12-6-15-8-19-12/h6,8-9,11,14,17H,2-5,7H2,1H3. The van der Waals surface area contributed by atoms with Gasteiger partial charge < -0.3 is 15.2 Å². The molecule has 0 aromatic carbocycles. The lowest BCUT2D eigenvalue weighted by Gasteiger charge is -2.11. The van der Waals surface area contributed by atoms with Crippen molar-refractivity contribution >= 4 is 22.7 Å². The molecule has 0 aliphatic carbocycles. The van der Waals surface area contributed by atoms with Crippen LogP contribution in [-0.2, 0) is 17.7 Å². The average molecular weight is 313 g/mol. The van der Waals surface area contributed by atoms with Gasteiger partial charge in [-0.1, -0.05) is 0 Å². The number of aryl methyl sites for hydroxylation is 1. The highest BCUT2D eigenvalue weighted by molar-refractivity contribution is 7.09. The first kappa shape index (κ1) is 15.5. The third-order valence-electron chi connectivity index (χ3n) is 2.79. The molecule has 0 aliphatic rings. The predicted molar refractivity (Wildman–Crippen MR) is 81.2 cm³/mol. The Morgan fingerprint density at radius 1 is 1.40 bits per heavy atom. The first-order valence-electron chi connectivity index (χ1n) is 6.48. The van der Waals surface area contributed by atoms with Crippen LogP contribution in [0.25, 0.3) is 0 Å². The Balaban J connectivity index is 1.52. The maximum absolute atomic E-state index is 9.78. The molecule has 2 heterocycles. The summed E-state index contributed by atoms with van der Waals surface area (Å²) in [6, 6.07) is 0. The molecule has 7 heteroatoms. The lowest BCUT2D eigenvalue weighted by molar-refractivity contribution is 0.0384. The largest absolute Gasteiger partial charge is 0.389 e. The van der Waals surface area contributed by atoms with E-state index in [0.29, 0.717) is 19.8 Å². The van der Waals surface area contributed by atoms with Gasteiger partial charge in [0.05, 0.1) is 36.0 Å². The van der Waals surface area contributed by atoms with Gasteiger partial charge in [-0.05, 0) is 6.92 Å². The van der Waals surface area contributed by atoms with E-state index >= 15 is 0 Å². The van der Waals surface area contributed by atoms with E-state index in [2.05, 4.69) is 15.3 Å². The zero-order valence-corrected chi connectivity index (χ0v) is 13.0. The molecule has 20 heavy (non-hydrogen) atoms. The van der Waals surface area contributed by atoms with Crippen molar-refractivity contribution in [3.63, 3.8) is 0 Å². The molecule has 0 fully saturated rings. The minimum atomic E-state index is -0.481. The Labute approximate surface area is 126 Å². The predicted octanol–water partition coefficient (Wildman–Crippen LogP) is 1.62. The Bertz CT molecular complexity index is 488. The third-order valence-corrected chi connectivity index (χ3v) is 4.57. The summed E-state index contributed by atoms with van der Waals surface area (Å²) in [6.45, 7) is 4.24. The minimum Gasteiger partial charge on any atom is -0.389 e. The van der Waals surface area contributed by atoms with E-state index in [1.54, 1.807) is 28.2 Å². The smallest absolute Gasteiger partial charge is 0.0897 e. The molecule has 2 aromatic rings. The van der Waals surface area contributed by atoms with Crippen LogP contribution in [0.2, 0.25) is 0 Å². The van der Waals surface area contributed by atoms with Gasteiger partial charge in [-0.3, -0.25) is 4.98 Å². The number of hydrogen-bond donors (Lipinski definition) is 2. The van der Waals surface area contributed by atoms with Gasteiger partial charge in [-0.25, -0.2) is 4.98 Å². The fraction of sp³-hybridized carbons (Fsp3) is 0.538. The molecule has 2 N–H and O–H groups in total. The molecule has 110 valence electrons. The molecule has 0 bridgehead atoms. The van der Waals surface area contributed by atoms with Gasteiger partial charge >= 0.3 is 0 Å². The van der Waals surface area contributed by atoms with E-state index in [9.17, 15) is 5.11 Å². The van der Waals surface area contributed by atoms with E-state index in [1.807, 2.05) is 18.6 Å². The monoisotopic (exact) mass is 313 g/mol. The van der Waals surface area contributed by atoms with Crippen molar-refractivity contribution in [2.24, 2.45) is 0 Å². The minimum absolute atomic E-state index is 0.355. The fourth-order valence-electron chi connectivity index (χ4n) is 1.70. The molecule has 0 amide bonds. The molecular weight excluding hydrogens is 294 g/mol. The van der Waals surface area contributed by atoms with Crippen LogP contribution >= 0.6 is 22.7 Å². The van der Waals surface area contributed by atoms with Gasteiger partial charge in [0.1, 0.15) is 0 Å². The van der Waals surface area contributed by atoms with Gasteiger partial charge in [0.15, 0.2) is 0 Å². The van der Waals surface area contributed by atoms with Crippen LogP contribution in [0, 0.1) is 6.92 Å². The number of aliphatic hydroxyl groups is 1. The summed E-state index contributed by atoms with van der Waals surface area (Å²) in [7, 11) is 0. The van der Waals surface area contributed by atoms with Crippen molar-refractivity contribution in [3.8, 4) is 0 Å².